The normalized spacial score (nSPS) is 11.5. The number of pyridine rings is 1. The average molecular weight is 445 g/mol. The van der Waals surface area contributed by atoms with Crippen LogP contribution in [0.5, 0.6) is 0 Å². The minimum Gasteiger partial charge on any atom is -0.380 e. The molecule has 3 aromatic heterocycles. The molecule has 0 fully saturated rings. The van der Waals surface area contributed by atoms with Crippen molar-refractivity contribution in [2.45, 2.75) is 26.5 Å². The first-order valence-electron chi connectivity index (χ1n) is 8.48. The maximum atomic E-state index is 13.0. The summed E-state index contributed by atoms with van der Waals surface area (Å²) in [6.07, 6.45) is 0.726. The lowest BCUT2D eigenvalue weighted by Crippen LogP contribution is -2.24. The number of fused-ring (bicyclic) bond motifs is 3. The Labute approximate surface area is 167 Å². The van der Waals surface area contributed by atoms with Gasteiger partial charge in [0.15, 0.2) is 0 Å². The number of hydrogen-bond donors (Lipinski definition) is 0. The molecule has 0 amide bonds. The van der Waals surface area contributed by atoms with E-state index in [2.05, 4.69) is 31.2 Å². The Bertz CT molecular complexity index is 1190. The van der Waals surface area contributed by atoms with E-state index in [9.17, 15) is 4.79 Å². The van der Waals surface area contributed by atoms with E-state index in [0.717, 1.165) is 37.9 Å². The molecule has 0 spiro atoms. The van der Waals surface area contributed by atoms with Crippen LogP contribution < -0.4 is 5.56 Å². The van der Waals surface area contributed by atoms with Crippen LogP contribution in [0.3, 0.4) is 0 Å². The van der Waals surface area contributed by atoms with E-state index in [1.54, 1.807) is 7.11 Å². The molecule has 0 aliphatic carbocycles. The van der Waals surface area contributed by atoms with Crippen LogP contribution in [0, 0.1) is 6.92 Å². The molecule has 4 aromatic rings. The van der Waals surface area contributed by atoms with Crippen LogP contribution >= 0.6 is 27.3 Å². The highest BCUT2D eigenvalue weighted by atomic mass is 79.9. The summed E-state index contributed by atoms with van der Waals surface area (Å²) < 4.78 is 8.24. The average Bonchev–Trinajstić information content (AvgIpc) is 3.04. The van der Waals surface area contributed by atoms with Gasteiger partial charge in [-0.15, -0.1) is 16.4 Å². The number of ether oxygens (including phenoxy) is 1. The second-order valence-electron chi connectivity index (χ2n) is 6.24. The standard InChI is InChI=1S/C19H17BrN4O2S/c1-11-15(20)13(10-26-2)14-16-17(27-18(14)21-11)19(25)24(23-22-16)9-8-12-6-4-3-5-7-12/h3-7H,8-10H2,1-2H3. The summed E-state index contributed by atoms with van der Waals surface area (Å²) in [6, 6.07) is 10.0. The van der Waals surface area contributed by atoms with Gasteiger partial charge in [0.2, 0.25) is 0 Å². The molecule has 8 heteroatoms. The molecule has 6 nitrogen and oxygen atoms in total. The smallest absolute Gasteiger partial charge is 0.287 e. The maximum absolute atomic E-state index is 13.0. The van der Waals surface area contributed by atoms with Gasteiger partial charge < -0.3 is 4.74 Å². The monoisotopic (exact) mass is 444 g/mol. The third-order valence-corrected chi connectivity index (χ3v) is 6.56. The van der Waals surface area contributed by atoms with Crippen LogP contribution in [0.2, 0.25) is 0 Å². The van der Waals surface area contributed by atoms with Crippen LogP contribution in [0.4, 0.5) is 0 Å². The zero-order valence-corrected chi connectivity index (χ0v) is 17.3. The largest absolute Gasteiger partial charge is 0.380 e. The predicted molar refractivity (Wildman–Crippen MR) is 110 cm³/mol. The minimum atomic E-state index is -0.129. The molecule has 138 valence electrons. The molecule has 3 heterocycles. The summed E-state index contributed by atoms with van der Waals surface area (Å²) in [5.41, 5.74) is 3.43. The quantitative estimate of drug-likeness (QED) is 0.467. The van der Waals surface area contributed by atoms with E-state index in [4.69, 9.17) is 4.74 Å². The molecular formula is C19H17BrN4O2S. The number of methoxy groups -OCH3 is 1. The maximum Gasteiger partial charge on any atom is 0.287 e. The van der Waals surface area contributed by atoms with Gasteiger partial charge in [-0.3, -0.25) is 4.79 Å². The fourth-order valence-corrected chi connectivity index (χ4v) is 4.63. The molecule has 0 atom stereocenters. The molecule has 0 saturated carbocycles. The van der Waals surface area contributed by atoms with Crippen molar-refractivity contribution in [3.63, 3.8) is 0 Å². The Morgan fingerprint density at radius 2 is 2.04 bits per heavy atom. The second kappa shape index (κ2) is 7.46. The number of aryl methyl sites for hydroxylation is 3. The fraction of sp³-hybridized carbons (Fsp3) is 0.263. The SMILES string of the molecule is COCc1c(Br)c(C)nc2sc3c(=O)n(CCc4ccccc4)nnc3c12. The van der Waals surface area contributed by atoms with Crippen LogP contribution in [0.1, 0.15) is 16.8 Å². The minimum absolute atomic E-state index is 0.129. The Balaban J connectivity index is 1.83. The van der Waals surface area contributed by atoms with Crippen molar-refractivity contribution in [1.82, 2.24) is 20.0 Å². The topological polar surface area (TPSA) is 69.9 Å². The first-order chi connectivity index (χ1) is 13.1. The number of hydrogen-bond acceptors (Lipinski definition) is 6. The summed E-state index contributed by atoms with van der Waals surface area (Å²) in [4.78, 5) is 18.4. The zero-order valence-electron chi connectivity index (χ0n) is 14.9. The van der Waals surface area contributed by atoms with E-state index >= 15 is 0 Å². The Morgan fingerprint density at radius 3 is 2.78 bits per heavy atom. The first kappa shape index (κ1) is 18.2. The molecule has 0 bridgehead atoms. The highest BCUT2D eigenvalue weighted by Crippen LogP contribution is 2.36. The zero-order chi connectivity index (χ0) is 19.0. The number of benzene rings is 1. The molecule has 0 N–H and O–H groups in total. The molecule has 0 radical (unpaired) electrons. The van der Waals surface area contributed by atoms with Gasteiger partial charge >= 0.3 is 0 Å². The first-order valence-corrected chi connectivity index (χ1v) is 10.1. The van der Waals surface area contributed by atoms with Gasteiger partial charge in [-0.1, -0.05) is 35.5 Å². The van der Waals surface area contributed by atoms with Crippen molar-refractivity contribution in [2.75, 3.05) is 7.11 Å². The third-order valence-electron chi connectivity index (χ3n) is 4.44. The van der Waals surface area contributed by atoms with Crippen LogP contribution in [0.15, 0.2) is 39.6 Å². The third kappa shape index (κ3) is 3.28. The van der Waals surface area contributed by atoms with Crippen molar-refractivity contribution < 1.29 is 4.74 Å². The molecular weight excluding hydrogens is 428 g/mol. The summed E-state index contributed by atoms with van der Waals surface area (Å²) in [6.45, 7) is 2.82. The van der Waals surface area contributed by atoms with E-state index in [-0.39, 0.29) is 5.56 Å². The van der Waals surface area contributed by atoms with Gasteiger partial charge in [-0.2, -0.15) is 0 Å². The molecule has 0 aliphatic heterocycles. The van der Waals surface area contributed by atoms with Gasteiger partial charge in [0.25, 0.3) is 5.56 Å². The number of rotatable bonds is 5. The highest BCUT2D eigenvalue weighted by molar-refractivity contribution is 9.10. The van der Waals surface area contributed by atoms with E-state index in [0.29, 0.717) is 23.4 Å². The van der Waals surface area contributed by atoms with Gasteiger partial charge in [0.1, 0.15) is 15.0 Å². The lowest BCUT2D eigenvalue weighted by Gasteiger charge is -2.08. The van der Waals surface area contributed by atoms with Crippen molar-refractivity contribution in [3.8, 4) is 0 Å². The van der Waals surface area contributed by atoms with Crippen LogP contribution in [-0.4, -0.2) is 27.1 Å². The van der Waals surface area contributed by atoms with Crippen molar-refractivity contribution in [1.29, 1.82) is 0 Å². The number of nitrogens with zero attached hydrogens (tertiary/aromatic N) is 4. The highest BCUT2D eigenvalue weighted by Gasteiger charge is 2.20. The Hall–Kier alpha value is -2.16. The number of thiophene rings is 1. The molecule has 0 aliphatic rings. The molecule has 4 rings (SSSR count). The van der Waals surface area contributed by atoms with Crippen LogP contribution in [-0.2, 0) is 24.3 Å². The number of halogens is 1. The lowest BCUT2D eigenvalue weighted by molar-refractivity contribution is 0.185. The molecule has 0 unspecified atom stereocenters. The van der Waals surface area contributed by atoms with Crippen molar-refractivity contribution in [2.24, 2.45) is 0 Å². The van der Waals surface area contributed by atoms with E-state index in [1.807, 2.05) is 37.3 Å². The summed E-state index contributed by atoms with van der Waals surface area (Å²) >= 11 is 4.95. The summed E-state index contributed by atoms with van der Waals surface area (Å²) in [5.74, 6) is 0. The van der Waals surface area contributed by atoms with Crippen LogP contribution in [0.25, 0.3) is 20.4 Å². The van der Waals surface area contributed by atoms with Gasteiger partial charge in [-0.25, -0.2) is 9.67 Å². The Morgan fingerprint density at radius 1 is 1.26 bits per heavy atom. The fourth-order valence-electron chi connectivity index (χ4n) is 3.09. The van der Waals surface area contributed by atoms with E-state index < -0.39 is 0 Å². The summed E-state index contributed by atoms with van der Waals surface area (Å²) in [7, 11) is 1.64. The Kier molecular flexibility index (Phi) is 5.03. The van der Waals surface area contributed by atoms with E-state index in [1.165, 1.54) is 16.0 Å². The molecule has 1 aromatic carbocycles. The van der Waals surface area contributed by atoms with Gasteiger partial charge in [0, 0.05) is 22.5 Å². The predicted octanol–water partition coefficient (Wildman–Crippen LogP) is 3.86. The number of aromatic nitrogens is 4. The molecule has 27 heavy (non-hydrogen) atoms. The van der Waals surface area contributed by atoms with Crippen molar-refractivity contribution in [3.05, 3.63) is 62.0 Å². The van der Waals surface area contributed by atoms with Crippen molar-refractivity contribution >= 4 is 47.7 Å². The summed E-state index contributed by atoms with van der Waals surface area (Å²) in [5, 5.41) is 9.38. The van der Waals surface area contributed by atoms with Gasteiger partial charge in [0.05, 0.1) is 18.8 Å². The lowest BCUT2D eigenvalue weighted by atomic mass is 10.1. The second-order valence-corrected chi connectivity index (χ2v) is 8.03. The van der Waals surface area contributed by atoms with Gasteiger partial charge in [-0.05, 0) is 34.8 Å². The molecule has 0 saturated heterocycles.